The first-order valence-corrected chi connectivity index (χ1v) is 14.3. The second-order valence-corrected chi connectivity index (χ2v) is 12.5. The number of oxime groups is 1. The summed E-state index contributed by atoms with van der Waals surface area (Å²) in [5.74, 6) is -6.60. The summed E-state index contributed by atoms with van der Waals surface area (Å²) in [6.45, 7) is 0.185. The Kier molecular flexibility index (Phi) is 7.64. The van der Waals surface area contributed by atoms with Crippen LogP contribution in [0.5, 0.6) is 0 Å². The van der Waals surface area contributed by atoms with Gasteiger partial charge in [-0.15, -0.1) is 0 Å². The van der Waals surface area contributed by atoms with Crippen molar-refractivity contribution < 1.29 is 36.3 Å². The quantitative estimate of drug-likeness (QED) is 0.204. The third kappa shape index (κ3) is 5.33. The number of sulfone groups is 1. The highest BCUT2D eigenvalue weighted by Gasteiger charge is 2.61. The topological polar surface area (TPSA) is 105 Å². The number of fused-ring (bicyclic) bond motifs is 2. The van der Waals surface area contributed by atoms with Gasteiger partial charge in [-0.2, -0.15) is 0 Å². The molecule has 0 aliphatic heterocycles. The van der Waals surface area contributed by atoms with Gasteiger partial charge in [0.1, 0.15) is 12.2 Å². The molecule has 2 fully saturated rings. The number of carbonyl (C=O) groups is 1. The van der Waals surface area contributed by atoms with E-state index in [2.05, 4.69) is 10.5 Å². The van der Waals surface area contributed by atoms with E-state index in [1.807, 2.05) is 30.3 Å². The number of benzene rings is 3. The fraction of sp³-hybridized carbons (Fsp3) is 0.286. The lowest BCUT2D eigenvalue weighted by molar-refractivity contribution is 0.0506. The molecule has 2 saturated carbocycles. The van der Waals surface area contributed by atoms with Crippen molar-refractivity contribution in [1.82, 2.24) is 0 Å². The summed E-state index contributed by atoms with van der Waals surface area (Å²) >= 11 is 6.27. The third-order valence-corrected chi connectivity index (χ3v) is 10.3. The number of amides is 1. The van der Waals surface area contributed by atoms with E-state index < -0.39 is 50.0 Å². The number of hydrogen-bond acceptors (Lipinski definition) is 6. The van der Waals surface area contributed by atoms with Crippen LogP contribution in [0.2, 0.25) is 5.02 Å². The Morgan fingerprint density at radius 2 is 1.80 bits per heavy atom. The number of anilines is 1. The monoisotopic (exact) mass is 592 g/mol. The predicted molar refractivity (Wildman–Crippen MR) is 142 cm³/mol. The molecule has 2 N–H and O–H groups in total. The summed E-state index contributed by atoms with van der Waals surface area (Å²) in [6.07, 6.45) is 2.44. The molecular weight excluding hydrogens is 569 g/mol. The van der Waals surface area contributed by atoms with Gasteiger partial charge in [0.2, 0.25) is 0 Å². The average molecular weight is 593 g/mol. The Bertz CT molecular complexity index is 1570. The van der Waals surface area contributed by atoms with Crippen LogP contribution in [0.4, 0.5) is 18.9 Å². The molecule has 0 spiro atoms. The van der Waals surface area contributed by atoms with Crippen molar-refractivity contribution in [2.24, 2.45) is 17.0 Å². The smallest absolute Gasteiger partial charge is 0.255 e. The largest absolute Gasteiger partial charge is 0.391 e. The van der Waals surface area contributed by atoms with E-state index in [4.69, 9.17) is 16.4 Å². The van der Waals surface area contributed by atoms with Crippen LogP contribution in [0.1, 0.15) is 35.2 Å². The number of hydrogen-bond donors (Lipinski definition) is 2. The predicted octanol–water partition coefficient (Wildman–Crippen LogP) is 5.52. The molecular formula is C28H24ClF3N2O5S. The number of halogens is 4. The van der Waals surface area contributed by atoms with Gasteiger partial charge >= 0.3 is 0 Å². The minimum Gasteiger partial charge on any atom is -0.391 e. The van der Waals surface area contributed by atoms with Crippen LogP contribution in [0.15, 0.2) is 70.7 Å². The van der Waals surface area contributed by atoms with E-state index in [0.29, 0.717) is 25.0 Å². The summed E-state index contributed by atoms with van der Waals surface area (Å²) in [7, 11) is -4.14. The number of aliphatic hydroxyl groups is 1. The van der Waals surface area contributed by atoms with Crippen molar-refractivity contribution in [3.05, 3.63) is 94.3 Å². The van der Waals surface area contributed by atoms with Crippen LogP contribution in [0.3, 0.4) is 0 Å². The van der Waals surface area contributed by atoms with Crippen molar-refractivity contribution >= 4 is 39.2 Å². The summed E-state index contributed by atoms with van der Waals surface area (Å²) < 4.78 is 68.0. The fourth-order valence-corrected chi connectivity index (χ4v) is 8.56. The maximum Gasteiger partial charge on any atom is 0.255 e. The van der Waals surface area contributed by atoms with E-state index in [9.17, 15) is 31.5 Å². The van der Waals surface area contributed by atoms with Gasteiger partial charge in [0.25, 0.3) is 5.91 Å². The first kappa shape index (κ1) is 28.1. The average Bonchev–Trinajstić information content (AvgIpc) is 3.47. The maximum atomic E-state index is 13.8. The number of carbonyl (C=O) groups excluding carboxylic acids is 1. The van der Waals surface area contributed by atoms with Gasteiger partial charge in [0, 0.05) is 29.3 Å². The lowest BCUT2D eigenvalue weighted by Crippen LogP contribution is -2.40. The third-order valence-electron chi connectivity index (χ3n) is 7.47. The summed E-state index contributed by atoms with van der Waals surface area (Å²) in [5.41, 5.74) is -1.12. The van der Waals surface area contributed by atoms with Crippen molar-refractivity contribution in [3.63, 3.8) is 0 Å². The first-order valence-electron chi connectivity index (χ1n) is 12.4. The van der Waals surface area contributed by atoms with Crippen molar-refractivity contribution in [2.75, 3.05) is 5.32 Å². The van der Waals surface area contributed by atoms with Gasteiger partial charge < -0.3 is 15.3 Å². The van der Waals surface area contributed by atoms with Crippen LogP contribution in [0.25, 0.3) is 0 Å². The lowest BCUT2D eigenvalue weighted by Gasteiger charge is -2.28. The van der Waals surface area contributed by atoms with Crippen molar-refractivity contribution in [1.29, 1.82) is 0 Å². The summed E-state index contributed by atoms with van der Waals surface area (Å²) in [6, 6.07) is 14.1. The Morgan fingerprint density at radius 3 is 2.50 bits per heavy atom. The van der Waals surface area contributed by atoms with E-state index in [1.165, 1.54) is 18.3 Å². The molecule has 7 nitrogen and oxygen atoms in total. The van der Waals surface area contributed by atoms with Crippen molar-refractivity contribution in [2.45, 2.75) is 41.6 Å². The van der Waals surface area contributed by atoms with E-state index in [1.54, 1.807) is 0 Å². The molecule has 1 amide bonds. The molecule has 2 unspecified atom stereocenters. The molecule has 2 aliphatic carbocycles. The minimum atomic E-state index is -4.14. The van der Waals surface area contributed by atoms with Gasteiger partial charge in [0.15, 0.2) is 27.3 Å². The van der Waals surface area contributed by atoms with Crippen LogP contribution in [-0.2, 0) is 21.3 Å². The Hall–Kier alpha value is -3.41. The van der Waals surface area contributed by atoms with E-state index in [0.717, 1.165) is 11.6 Å². The highest BCUT2D eigenvalue weighted by molar-refractivity contribution is 7.92. The van der Waals surface area contributed by atoms with E-state index >= 15 is 0 Å². The molecule has 3 aromatic carbocycles. The zero-order valence-electron chi connectivity index (χ0n) is 20.9. The molecule has 2 bridgehead atoms. The van der Waals surface area contributed by atoms with Crippen LogP contribution >= 0.6 is 11.6 Å². The van der Waals surface area contributed by atoms with Crippen LogP contribution in [-0.4, -0.2) is 36.5 Å². The normalized spacial score (nSPS) is 24.0. The minimum absolute atomic E-state index is 0.120. The zero-order chi connectivity index (χ0) is 28.7. The molecule has 3 aromatic rings. The highest BCUT2D eigenvalue weighted by atomic mass is 35.5. The maximum absolute atomic E-state index is 13.8. The number of nitrogens with zero attached hydrogens (tertiary/aromatic N) is 1. The second-order valence-electron chi connectivity index (χ2n) is 10.00. The van der Waals surface area contributed by atoms with Crippen LogP contribution < -0.4 is 5.32 Å². The molecule has 0 radical (unpaired) electrons. The van der Waals surface area contributed by atoms with Crippen LogP contribution in [0, 0.1) is 29.3 Å². The number of nitrogens with one attached hydrogen (secondary N) is 1. The zero-order valence-corrected chi connectivity index (χ0v) is 22.4. The first-order chi connectivity index (χ1) is 19.0. The Morgan fingerprint density at radius 1 is 1.10 bits per heavy atom. The van der Waals surface area contributed by atoms with Gasteiger partial charge in [-0.05, 0) is 48.9 Å². The lowest BCUT2D eigenvalue weighted by atomic mass is 9.85. The Labute approximate surface area is 233 Å². The highest BCUT2D eigenvalue weighted by Crippen LogP contribution is 2.54. The summed E-state index contributed by atoms with van der Waals surface area (Å²) in [4.78, 5) is 17.8. The molecule has 40 heavy (non-hydrogen) atoms. The second kappa shape index (κ2) is 10.9. The fourth-order valence-electron chi connectivity index (χ4n) is 5.65. The van der Waals surface area contributed by atoms with Gasteiger partial charge in [-0.3, -0.25) is 4.79 Å². The van der Waals surface area contributed by atoms with Gasteiger partial charge in [0.05, 0.1) is 21.4 Å². The number of rotatable bonds is 8. The molecule has 2 aliphatic rings. The molecule has 12 heteroatoms. The molecule has 0 aromatic heterocycles. The molecule has 210 valence electrons. The van der Waals surface area contributed by atoms with Gasteiger partial charge in [-0.25, -0.2) is 21.6 Å². The molecule has 5 rings (SSSR count). The molecule has 0 saturated heterocycles. The Balaban J connectivity index is 1.35. The van der Waals surface area contributed by atoms with Gasteiger partial charge in [-0.1, -0.05) is 47.1 Å². The summed E-state index contributed by atoms with van der Waals surface area (Å²) in [5, 5.41) is 16.4. The molecule has 4 atom stereocenters. The SMILES string of the molecule is O=C(Nc1cc(F)c(F)c(F)c1)c1ccc(Cl)c(S(=O)(=O)[C@@H]2C3CCC2[C@@](O)(/C=N/OCc2ccccc2)C3)c1. The van der Waals surface area contributed by atoms with E-state index in [-0.39, 0.29) is 40.1 Å². The standard InChI is InChI=1S/C28H24ClF3N2O5S/c29-21-9-7-17(27(35)34-19-11-22(30)25(32)23(31)12-19)10-24(21)40(37,38)26-18-6-8-20(26)28(36,13-18)15-33-39-14-16-4-2-1-3-5-16/h1-5,7,9-12,15,18,20,26,36H,6,8,13-14H2,(H,34,35)/b33-15+/t18?,20?,26-,28+/m1/s1. The van der Waals surface area contributed by atoms with Crippen molar-refractivity contribution in [3.8, 4) is 0 Å². The molecule has 0 heterocycles.